The van der Waals surface area contributed by atoms with E-state index in [0.29, 0.717) is 12.5 Å². The van der Waals surface area contributed by atoms with Crippen molar-refractivity contribution in [2.75, 3.05) is 0 Å². The fourth-order valence-electron chi connectivity index (χ4n) is 1.96. The minimum Gasteiger partial charge on any atom is -0.325 e. The standard InChI is InChI=1S/C15H19N3/c1-3-11(2)12-4-6-13(7-5-12)15-14(10-16)17-8-9-18-15/h4-9,11H,3,10,16H2,1-2H3. The number of rotatable bonds is 4. The summed E-state index contributed by atoms with van der Waals surface area (Å²) < 4.78 is 0. The maximum Gasteiger partial charge on any atom is 0.0930 e. The molecule has 0 radical (unpaired) electrons. The molecule has 0 fully saturated rings. The molecule has 0 aliphatic carbocycles. The first kappa shape index (κ1) is 12.7. The molecule has 1 heterocycles. The van der Waals surface area contributed by atoms with E-state index in [1.807, 2.05) is 0 Å². The summed E-state index contributed by atoms with van der Waals surface area (Å²) in [6.07, 6.45) is 4.54. The number of nitrogens with two attached hydrogens (primary N) is 1. The Kier molecular flexibility index (Phi) is 4.05. The SMILES string of the molecule is CCC(C)c1ccc(-c2nccnc2CN)cc1. The van der Waals surface area contributed by atoms with Gasteiger partial charge in [0.05, 0.1) is 11.4 Å². The van der Waals surface area contributed by atoms with E-state index >= 15 is 0 Å². The molecule has 1 aromatic carbocycles. The van der Waals surface area contributed by atoms with Gasteiger partial charge in [0.2, 0.25) is 0 Å². The summed E-state index contributed by atoms with van der Waals surface area (Å²) in [5.41, 5.74) is 9.85. The van der Waals surface area contributed by atoms with E-state index in [1.165, 1.54) is 5.56 Å². The average Bonchev–Trinajstić information content (AvgIpc) is 2.46. The monoisotopic (exact) mass is 241 g/mol. The van der Waals surface area contributed by atoms with Gasteiger partial charge >= 0.3 is 0 Å². The third-order valence-electron chi connectivity index (χ3n) is 3.33. The molecule has 1 unspecified atom stereocenters. The van der Waals surface area contributed by atoms with E-state index in [4.69, 9.17) is 5.73 Å². The van der Waals surface area contributed by atoms with E-state index < -0.39 is 0 Å². The maximum atomic E-state index is 5.69. The summed E-state index contributed by atoms with van der Waals surface area (Å²) >= 11 is 0. The maximum absolute atomic E-state index is 5.69. The van der Waals surface area contributed by atoms with Crippen LogP contribution in [0.4, 0.5) is 0 Å². The van der Waals surface area contributed by atoms with Crippen LogP contribution in [-0.4, -0.2) is 9.97 Å². The number of benzene rings is 1. The Morgan fingerprint density at radius 1 is 1.11 bits per heavy atom. The van der Waals surface area contributed by atoms with Crippen molar-refractivity contribution in [3.05, 3.63) is 47.9 Å². The highest BCUT2D eigenvalue weighted by Crippen LogP contribution is 2.24. The van der Waals surface area contributed by atoms with Gasteiger partial charge in [0.15, 0.2) is 0 Å². The molecule has 0 spiro atoms. The lowest BCUT2D eigenvalue weighted by molar-refractivity contribution is 0.734. The Hall–Kier alpha value is -1.74. The summed E-state index contributed by atoms with van der Waals surface area (Å²) in [7, 11) is 0. The Bertz CT molecular complexity index is 505. The molecule has 0 aliphatic heterocycles. The zero-order valence-corrected chi connectivity index (χ0v) is 10.9. The lowest BCUT2D eigenvalue weighted by Crippen LogP contribution is -2.03. The van der Waals surface area contributed by atoms with Gasteiger partial charge in [-0.2, -0.15) is 0 Å². The predicted octanol–water partition coefficient (Wildman–Crippen LogP) is 3.12. The molecule has 1 atom stereocenters. The van der Waals surface area contributed by atoms with Gasteiger partial charge in [-0.3, -0.25) is 9.97 Å². The molecule has 2 N–H and O–H groups in total. The normalized spacial score (nSPS) is 12.4. The minimum absolute atomic E-state index is 0.413. The van der Waals surface area contributed by atoms with Gasteiger partial charge in [-0.25, -0.2) is 0 Å². The lowest BCUT2D eigenvalue weighted by atomic mass is 9.97. The highest BCUT2D eigenvalue weighted by molar-refractivity contribution is 5.61. The molecule has 94 valence electrons. The van der Waals surface area contributed by atoms with Crippen LogP contribution in [0.2, 0.25) is 0 Å². The number of hydrogen-bond acceptors (Lipinski definition) is 3. The van der Waals surface area contributed by atoms with Crippen molar-refractivity contribution in [1.82, 2.24) is 9.97 Å². The second-order valence-electron chi connectivity index (χ2n) is 4.49. The fraction of sp³-hybridized carbons (Fsp3) is 0.333. The molecule has 2 rings (SSSR count). The summed E-state index contributed by atoms with van der Waals surface area (Å²) in [5.74, 6) is 0.592. The molecule has 0 bridgehead atoms. The molecule has 1 aromatic heterocycles. The summed E-state index contributed by atoms with van der Waals surface area (Å²) in [5, 5.41) is 0. The van der Waals surface area contributed by atoms with Gasteiger partial charge < -0.3 is 5.73 Å². The van der Waals surface area contributed by atoms with Gasteiger partial charge in [-0.05, 0) is 17.9 Å². The molecular formula is C15H19N3. The number of hydrogen-bond donors (Lipinski definition) is 1. The van der Waals surface area contributed by atoms with Crippen LogP contribution >= 0.6 is 0 Å². The average molecular weight is 241 g/mol. The highest BCUT2D eigenvalue weighted by atomic mass is 14.8. The molecule has 0 saturated heterocycles. The smallest absolute Gasteiger partial charge is 0.0930 e. The van der Waals surface area contributed by atoms with E-state index in [-0.39, 0.29) is 0 Å². The molecule has 3 nitrogen and oxygen atoms in total. The van der Waals surface area contributed by atoms with Crippen molar-refractivity contribution in [2.24, 2.45) is 5.73 Å². The first-order valence-electron chi connectivity index (χ1n) is 6.36. The molecule has 3 heteroatoms. The van der Waals surface area contributed by atoms with E-state index in [2.05, 4.69) is 48.1 Å². The van der Waals surface area contributed by atoms with Crippen molar-refractivity contribution in [3.8, 4) is 11.3 Å². The van der Waals surface area contributed by atoms with Crippen LogP contribution in [0.25, 0.3) is 11.3 Å². The Morgan fingerprint density at radius 2 is 1.78 bits per heavy atom. The molecule has 2 aromatic rings. The van der Waals surface area contributed by atoms with Crippen molar-refractivity contribution in [1.29, 1.82) is 0 Å². The van der Waals surface area contributed by atoms with Gasteiger partial charge in [-0.1, -0.05) is 38.1 Å². The van der Waals surface area contributed by atoms with Crippen molar-refractivity contribution in [2.45, 2.75) is 32.7 Å². The number of nitrogens with zero attached hydrogens (tertiary/aromatic N) is 2. The number of aromatic nitrogens is 2. The second-order valence-corrected chi connectivity index (χ2v) is 4.49. The van der Waals surface area contributed by atoms with Crippen LogP contribution in [0.1, 0.15) is 37.4 Å². The summed E-state index contributed by atoms with van der Waals surface area (Å²) in [4.78, 5) is 8.63. The predicted molar refractivity (Wildman–Crippen MR) is 74.1 cm³/mol. The Balaban J connectivity index is 2.34. The molecule has 18 heavy (non-hydrogen) atoms. The van der Waals surface area contributed by atoms with Crippen LogP contribution in [0, 0.1) is 0 Å². The Morgan fingerprint density at radius 3 is 2.39 bits per heavy atom. The summed E-state index contributed by atoms with van der Waals surface area (Å²) in [6.45, 7) is 4.85. The first-order valence-corrected chi connectivity index (χ1v) is 6.36. The third kappa shape index (κ3) is 2.57. The van der Waals surface area contributed by atoms with Gasteiger partial charge in [-0.15, -0.1) is 0 Å². The quantitative estimate of drug-likeness (QED) is 0.894. The molecule has 0 amide bonds. The highest BCUT2D eigenvalue weighted by Gasteiger charge is 2.07. The fourth-order valence-corrected chi connectivity index (χ4v) is 1.96. The zero-order valence-electron chi connectivity index (χ0n) is 10.9. The van der Waals surface area contributed by atoms with Gasteiger partial charge in [0.25, 0.3) is 0 Å². The topological polar surface area (TPSA) is 51.8 Å². The van der Waals surface area contributed by atoms with Gasteiger partial charge in [0.1, 0.15) is 0 Å². The van der Waals surface area contributed by atoms with Crippen LogP contribution in [0.15, 0.2) is 36.7 Å². The Labute approximate surface area is 108 Å². The molecule has 0 aliphatic rings. The first-order chi connectivity index (χ1) is 8.76. The lowest BCUT2D eigenvalue weighted by Gasteiger charge is -2.10. The van der Waals surface area contributed by atoms with Gasteiger partial charge in [0, 0.05) is 24.5 Å². The van der Waals surface area contributed by atoms with Crippen molar-refractivity contribution in [3.63, 3.8) is 0 Å². The molecule has 0 saturated carbocycles. The van der Waals surface area contributed by atoms with Crippen molar-refractivity contribution < 1.29 is 0 Å². The van der Waals surface area contributed by atoms with Crippen LogP contribution in [0.5, 0.6) is 0 Å². The second kappa shape index (κ2) is 5.74. The summed E-state index contributed by atoms with van der Waals surface area (Å²) in [6, 6.07) is 8.53. The van der Waals surface area contributed by atoms with E-state index in [1.54, 1.807) is 12.4 Å². The third-order valence-corrected chi connectivity index (χ3v) is 3.33. The largest absolute Gasteiger partial charge is 0.325 e. The molecular weight excluding hydrogens is 222 g/mol. The van der Waals surface area contributed by atoms with Crippen molar-refractivity contribution >= 4 is 0 Å². The van der Waals surface area contributed by atoms with E-state index in [0.717, 1.165) is 23.4 Å². The zero-order chi connectivity index (χ0) is 13.0. The van der Waals surface area contributed by atoms with E-state index in [9.17, 15) is 0 Å². The minimum atomic E-state index is 0.413. The van der Waals surface area contributed by atoms with Crippen LogP contribution < -0.4 is 5.73 Å². The van der Waals surface area contributed by atoms with Crippen LogP contribution in [-0.2, 0) is 6.54 Å². The van der Waals surface area contributed by atoms with Crippen LogP contribution in [0.3, 0.4) is 0 Å².